The van der Waals surface area contributed by atoms with Crippen LogP contribution in [0, 0.1) is 0 Å². The number of carbonyl (C=O) groups is 2. The summed E-state index contributed by atoms with van der Waals surface area (Å²) in [4.78, 5) is 36.0. The molecule has 1 fully saturated rings. The molecule has 3 heterocycles. The Morgan fingerprint density at radius 1 is 0.714 bits per heavy atom. The minimum absolute atomic E-state index is 0. The average Bonchev–Trinajstić information content (AvgIpc) is 4.01. The topological polar surface area (TPSA) is 128 Å². The van der Waals surface area contributed by atoms with Gasteiger partial charge in [-0.3, -0.25) is 19.5 Å². The number of rotatable bonds is 16. The summed E-state index contributed by atoms with van der Waals surface area (Å²) in [6.45, 7) is 7.82. The highest BCUT2D eigenvalue weighted by Crippen LogP contribution is 2.49. The lowest BCUT2D eigenvalue weighted by Gasteiger charge is -2.22. The molecule has 0 radical (unpaired) electrons. The van der Waals surface area contributed by atoms with E-state index < -0.39 is 8.07 Å². The summed E-state index contributed by atoms with van der Waals surface area (Å²) in [7, 11) is 8.38. The minimum atomic E-state index is -1.16. The van der Waals surface area contributed by atoms with Crippen molar-refractivity contribution in [2.45, 2.75) is 82.5 Å². The molecular weight excluding hydrogens is 1060 g/mol. The molecule has 1 aliphatic heterocycles. The molecule has 1 amide bonds. The third kappa shape index (κ3) is 12.5. The zero-order chi connectivity index (χ0) is 47.0. The molecule has 4 aromatic rings. The smallest absolute Gasteiger partial charge is 0.234 e. The molecule has 2 aromatic carbocycles. The van der Waals surface area contributed by atoms with Crippen LogP contribution in [0.3, 0.4) is 0 Å². The van der Waals surface area contributed by atoms with Gasteiger partial charge in [0.2, 0.25) is 17.4 Å². The number of methoxy groups -OCH3 is 6. The van der Waals surface area contributed by atoms with Crippen LogP contribution in [0.25, 0.3) is 22.3 Å². The lowest BCUT2D eigenvalue weighted by Crippen LogP contribution is -2.31. The summed E-state index contributed by atoms with van der Waals surface area (Å²) in [6.07, 6.45) is 11.3. The van der Waals surface area contributed by atoms with Gasteiger partial charge in [-0.15, -0.1) is 0 Å². The standard InChI is InChI=1S/C22H30N2O5Si.C21H23NO4.C4H8I2.H2S.H2/c1-26-18-10-15(11-19(27-2)21(18)28-3)17-9-16-12-20(25)24(22(16)23-13-17)14-29-7-8-30(4,5)6;1-24-17-9-13(10-18(25-2)20(17)26-3)14-8-15-16(22-12-14)11-19(23)21(15)6-4-5-7-21;5-3-1-2-4-6;;/h9-11,13H,7-8,12,14H2,1-6H3;8-10,12H,4-7,11H2,1-3H3;1-4H2;1H2;1H/i;;;;1+1/hD. The molecule has 346 valence electrons. The van der Waals surface area contributed by atoms with Crippen LogP contribution in [-0.4, -0.2) is 95.7 Å². The van der Waals surface area contributed by atoms with Gasteiger partial charge in [-0.05, 0) is 93.7 Å². The monoisotopic (exact) mass is 1130 g/mol. The second-order valence-corrected chi connectivity index (χ2v) is 24.4. The number of hydrogen-bond acceptors (Lipinski definition) is 11. The van der Waals surface area contributed by atoms with E-state index in [1.54, 1.807) is 53.8 Å². The van der Waals surface area contributed by atoms with Gasteiger partial charge in [0.15, 0.2) is 23.0 Å². The van der Waals surface area contributed by atoms with E-state index >= 15 is 0 Å². The summed E-state index contributed by atoms with van der Waals surface area (Å²) in [6, 6.07) is 12.8. The van der Waals surface area contributed by atoms with Gasteiger partial charge >= 0.3 is 0 Å². The van der Waals surface area contributed by atoms with Gasteiger partial charge in [-0.25, -0.2) is 4.98 Å². The minimum Gasteiger partial charge on any atom is -0.493 e. The third-order valence-electron chi connectivity index (χ3n) is 11.4. The predicted molar refractivity (Wildman–Crippen MR) is 277 cm³/mol. The van der Waals surface area contributed by atoms with Crippen molar-refractivity contribution in [3.8, 4) is 56.8 Å². The number of nitrogens with zero attached hydrogens (tertiary/aromatic N) is 3. The van der Waals surface area contributed by atoms with Gasteiger partial charge in [-0.1, -0.05) is 77.7 Å². The van der Waals surface area contributed by atoms with E-state index in [0.717, 1.165) is 70.8 Å². The number of alkyl halides is 2. The number of ether oxygens (including phenoxy) is 7. The van der Waals surface area contributed by atoms with Crippen LogP contribution in [0.2, 0.25) is 25.7 Å². The second kappa shape index (κ2) is 24.3. The van der Waals surface area contributed by atoms with Crippen LogP contribution >= 0.6 is 58.6 Å². The number of halogens is 2. The number of amides is 1. The Kier molecular flexibility index (Phi) is 19.5. The van der Waals surface area contributed by atoms with E-state index in [0.29, 0.717) is 65.5 Å². The molecule has 12 nitrogen and oxygen atoms in total. The van der Waals surface area contributed by atoms with Crippen LogP contribution < -0.4 is 33.3 Å². The van der Waals surface area contributed by atoms with E-state index in [1.807, 2.05) is 36.5 Å². The molecule has 63 heavy (non-hydrogen) atoms. The van der Waals surface area contributed by atoms with Crippen molar-refractivity contribution in [3.05, 3.63) is 65.6 Å². The Morgan fingerprint density at radius 3 is 1.67 bits per heavy atom. The zero-order valence-electron chi connectivity index (χ0n) is 39.0. The van der Waals surface area contributed by atoms with E-state index in [2.05, 4.69) is 94.3 Å². The van der Waals surface area contributed by atoms with Crippen LogP contribution in [0.4, 0.5) is 5.82 Å². The second-order valence-electron chi connectivity index (χ2n) is 16.6. The number of anilines is 1. The number of ketones is 1. The van der Waals surface area contributed by atoms with Crippen LogP contribution in [-0.2, 0) is 32.6 Å². The normalized spacial score (nSPS) is 14.5. The van der Waals surface area contributed by atoms with Gasteiger partial charge in [-0.2, -0.15) is 13.4 Å². The van der Waals surface area contributed by atoms with Crippen LogP contribution in [0.15, 0.2) is 48.8 Å². The maximum Gasteiger partial charge on any atom is 0.234 e. The first-order valence-corrected chi connectivity index (χ1v) is 27.7. The highest BCUT2D eigenvalue weighted by atomic mass is 127. The molecule has 0 bridgehead atoms. The van der Waals surface area contributed by atoms with Crippen LogP contribution in [0.1, 0.15) is 56.8 Å². The highest BCUT2D eigenvalue weighted by Gasteiger charge is 2.48. The first-order chi connectivity index (χ1) is 30.8. The fourth-order valence-electron chi connectivity index (χ4n) is 7.97. The summed E-state index contributed by atoms with van der Waals surface area (Å²) < 4.78 is 46.5. The number of pyridine rings is 2. The number of fused-ring (bicyclic) bond motifs is 3. The van der Waals surface area contributed by atoms with Crippen molar-refractivity contribution in [1.29, 1.82) is 1.12 Å². The number of Topliss-reactive ketones (excluding diaryl/α,β-unsaturated/α-hetero) is 1. The number of benzene rings is 2. The summed E-state index contributed by atoms with van der Waals surface area (Å²) in [5.41, 5.74) is 6.28. The molecule has 0 saturated heterocycles. The Labute approximate surface area is 411 Å². The number of hydrogen-bond donors (Lipinski definition) is 0. The van der Waals surface area contributed by atoms with Gasteiger partial charge < -0.3 is 33.2 Å². The Morgan fingerprint density at radius 2 is 1.21 bits per heavy atom. The highest BCUT2D eigenvalue weighted by molar-refractivity contribution is 14.1. The first-order valence-electron chi connectivity index (χ1n) is 21.4. The number of aromatic nitrogens is 2. The fraction of sp³-hybridized carbons (Fsp3) is 0.489. The molecule has 0 N–H and O–H groups in total. The van der Waals surface area contributed by atoms with Crippen molar-refractivity contribution in [1.82, 2.24) is 9.97 Å². The lowest BCUT2D eigenvalue weighted by molar-refractivity contribution is -0.122. The maximum atomic E-state index is 12.7. The summed E-state index contributed by atoms with van der Waals surface area (Å²) >= 11 is 7.59. The van der Waals surface area contributed by atoms with Crippen molar-refractivity contribution >= 4 is 84.2 Å². The lowest BCUT2D eigenvalue weighted by atomic mass is 9.79. The van der Waals surface area contributed by atoms with Crippen molar-refractivity contribution < 1.29 is 44.2 Å². The Bertz CT molecular complexity index is 2140. The summed E-state index contributed by atoms with van der Waals surface area (Å²) in [5.74, 6) is 4.46. The fourth-order valence-corrected chi connectivity index (χ4v) is 9.80. The molecule has 7 rings (SSSR count). The first kappa shape index (κ1) is 50.7. The summed E-state index contributed by atoms with van der Waals surface area (Å²) in [5, 5.41) is 0. The predicted octanol–water partition coefficient (Wildman–Crippen LogP) is 10.7. The molecule has 0 atom stereocenters. The van der Waals surface area contributed by atoms with Crippen molar-refractivity contribution in [2.75, 3.05) is 69.8 Å². The van der Waals surface area contributed by atoms with Gasteiger partial charge in [0.1, 0.15) is 18.3 Å². The van der Waals surface area contributed by atoms with Crippen LogP contribution in [0.5, 0.6) is 34.5 Å². The molecule has 3 aliphatic rings. The van der Waals surface area contributed by atoms with Crippen molar-refractivity contribution in [2.24, 2.45) is 0 Å². The quantitative estimate of drug-likeness (QED) is 0.0460. The molecule has 1 saturated carbocycles. The average molecular weight is 1130 g/mol. The Hall–Kier alpha value is -3.33. The molecular formula is C47H65I2N3O9SSi. The molecule has 2 aromatic heterocycles. The largest absolute Gasteiger partial charge is 0.493 e. The molecule has 1 spiro atoms. The maximum absolute atomic E-state index is 12.7. The Balaban J connectivity index is 0.000000295. The zero-order valence-corrected chi connectivity index (χ0v) is 44.2. The van der Waals surface area contributed by atoms with E-state index in [1.165, 1.54) is 21.7 Å². The molecule has 2 aliphatic carbocycles. The molecule has 0 unspecified atom stereocenters. The van der Waals surface area contributed by atoms with Gasteiger partial charge in [0, 0.05) is 51.6 Å². The number of unbranched alkanes of at least 4 members (excludes halogenated alkanes) is 1. The third-order valence-corrected chi connectivity index (χ3v) is 14.6. The molecule has 16 heteroatoms. The van der Waals surface area contributed by atoms with Gasteiger partial charge in [0.05, 0.1) is 61.3 Å². The van der Waals surface area contributed by atoms with E-state index in [4.69, 9.17) is 34.3 Å². The van der Waals surface area contributed by atoms with E-state index in [-0.39, 0.29) is 19.5 Å². The number of carbonyl (C=O) groups excluding carboxylic acids is 2. The van der Waals surface area contributed by atoms with E-state index in [9.17, 15) is 9.59 Å². The SMILES string of the molecule is COc1cc(-c2cnc3c(c2)C2(CCCC2)C(=O)C3)cc(OC)c1OC.COc1cc(-c2cnc3c(c2)CC(=O)N3COCC[Si](C)(C)C)cc(OC)c1OC.ICCCCI.[2HH].[2H]S. The van der Waals surface area contributed by atoms with Crippen molar-refractivity contribution in [3.63, 3.8) is 0 Å². The van der Waals surface area contributed by atoms with Gasteiger partial charge in [0.25, 0.3) is 0 Å².